The summed E-state index contributed by atoms with van der Waals surface area (Å²) < 4.78 is 6.59. The number of nitrogens with zero attached hydrogens (tertiary/aromatic N) is 4. The summed E-state index contributed by atoms with van der Waals surface area (Å²) in [7, 11) is 0. The summed E-state index contributed by atoms with van der Waals surface area (Å²) in [6, 6.07) is 12.6. The highest BCUT2D eigenvalue weighted by atomic mass is 16.3. The predicted molar refractivity (Wildman–Crippen MR) is 100 cm³/mol. The Labute approximate surface area is 154 Å². The molecule has 0 radical (unpaired) electrons. The molecule has 4 aromatic rings. The average molecular weight is 360 g/mol. The van der Waals surface area contributed by atoms with Crippen LogP contribution in [0.3, 0.4) is 0 Å². The first kappa shape index (κ1) is 16.5. The summed E-state index contributed by atoms with van der Waals surface area (Å²) in [5.74, 6) is 1.75. The zero-order valence-electron chi connectivity index (χ0n) is 14.5. The summed E-state index contributed by atoms with van der Waals surface area (Å²) >= 11 is 0. The van der Waals surface area contributed by atoms with Crippen LogP contribution in [0.5, 0.6) is 0 Å². The summed E-state index contributed by atoms with van der Waals surface area (Å²) in [5.41, 5.74) is 1.99. The molecule has 0 aliphatic heterocycles. The van der Waals surface area contributed by atoms with Gasteiger partial charge in [-0.2, -0.15) is 5.10 Å². The molecule has 0 spiro atoms. The van der Waals surface area contributed by atoms with E-state index in [1.807, 2.05) is 49.5 Å². The van der Waals surface area contributed by atoms with Crippen molar-refractivity contribution in [1.29, 1.82) is 0 Å². The van der Waals surface area contributed by atoms with Gasteiger partial charge in [-0.25, -0.2) is 14.6 Å². The maximum absolute atomic E-state index is 12.0. The number of amides is 1. The largest absolute Gasteiger partial charge is 0.472 e. The Morgan fingerprint density at radius 3 is 2.63 bits per heavy atom. The number of carbonyl (C=O) groups is 1. The second-order valence-electron chi connectivity index (χ2n) is 5.78. The first-order valence-corrected chi connectivity index (χ1v) is 8.24. The summed E-state index contributed by atoms with van der Waals surface area (Å²) in [5, 5.41) is 10.2. The zero-order valence-corrected chi connectivity index (χ0v) is 14.5. The third-order valence-corrected chi connectivity index (χ3v) is 3.76. The van der Waals surface area contributed by atoms with Crippen LogP contribution in [-0.2, 0) is 0 Å². The fraction of sp³-hybridized carbons (Fsp3) is 0.0526. The van der Waals surface area contributed by atoms with E-state index in [0.717, 1.165) is 5.69 Å². The van der Waals surface area contributed by atoms with Crippen LogP contribution in [-0.4, -0.2) is 25.7 Å². The van der Waals surface area contributed by atoms with E-state index in [1.54, 1.807) is 16.9 Å². The van der Waals surface area contributed by atoms with Crippen LogP contribution in [0.15, 0.2) is 71.8 Å². The lowest BCUT2D eigenvalue weighted by molar-refractivity contribution is 0.102. The summed E-state index contributed by atoms with van der Waals surface area (Å²) in [6.07, 6.45) is 6.38. The standard InChI is InChI=1S/C19H16N6O2/c1-13-21-17(11-18(22-13)25-9-2-8-20-25)23-15-3-5-16(6-4-15)24-19(26)14-7-10-27-12-14/h2-12H,1H3,(H,24,26)(H,21,22,23). The van der Waals surface area contributed by atoms with Crippen LogP contribution in [0.4, 0.5) is 17.2 Å². The number of furan rings is 1. The van der Waals surface area contributed by atoms with Crippen molar-refractivity contribution < 1.29 is 9.21 Å². The minimum Gasteiger partial charge on any atom is -0.472 e. The molecule has 27 heavy (non-hydrogen) atoms. The van der Waals surface area contributed by atoms with Gasteiger partial charge in [0.05, 0.1) is 11.8 Å². The van der Waals surface area contributed by atoms with Gasteiger partial charge in [-0.05, 0) is 43.3 Å². The Morgan fingerprint density at radius 2 is 1.93 bits per heavy atom. The number of benzene rings is 1. The molecule has 3 aromatic heterocycles. The topological polar surface area (TPSA) is 97.9 Å². The molecule has 0 aliphatic carbocycles. The number of aryl methyl sites for hydroxylation is 1. The molecule has 0 fully saturated rings. The van der Waals surface area contributed by atoms with Gasteiger partial charge in [0, 0.05) is 29.8 Å². The number of anilines is 3. The fourth-order valence-electron chi connectivity index (χ4n) is 2.52. The van der Waals surface area contributed by atoms with Crippen LogP contribution in [0.1, 0.15) is 16.2 Å². The monoisotopic (exact) mass is 360 g/mol. The molecule has 2 N–H and O–H groups in total. The second kappa shape index (κ2) is 7.12. The normalized spacial score (nSPS) is 10.6. The third kappa shape index (κ3) is 3.84. The van der Waals surface area contributed by atoms with E-state index in [4.69, 9.17) is 4.42 Å². The van der Waals surface area contributed by atoms with E-state index in [9.17, 15) is 4.79 Å². The predicted octanol–water partition coefficient (Wildman–Crippen LogP) is 3.56. The molecular formula is C19H16N6O2. The van der Waals surface area contributed by atoms with Gasteiger partial charge in [0.25, 0.3) is 5.91 Å². The van der Waals surface area contributed by atoms with Crippen molar-refractivity contribution in [2.45, 2.75) is 6.92 Å². The first-order valence-electron chi connectivity index (χ1n) is 8.24. The number of nitrogens with one attached hydrogen (secondary N) is 2. The maximum atomic E-state index is 12.0. The van der Waals surface area contributed by atoms with Crippen molar-refractivity contribution in [2.24, 2.45) is 0 Å². The van der Waals surface area contributed by atoms with Crippen LogP contribution >= 0.6 is 0 Å². The minimum atomic E-state index is -0.222. The summed E-state index contributed by atoms with van der Waals surface area (Å²) in [6.45, 7) is 1.83. The molecule has 4 rings (SSSR count). The lowest BCUT2D eigenvalue weighted by atomic mass is 10.2. The zero-order chi connectivity index (χ0) is 18.6. The van der Waals surface area contributed by atoms with E-state index in [0.29, 0.717) is 28.7 Å². The molecule has 3 heterocycles. The lowest BCUT2D eigenvalue weighted by Gasteiger charge is -2.10. The molecule has 0 aliphatic rings. The van der Waals surface area contributed by atoms with Crippen molar-refractivity contribution >= 4 is 23.1 Å². The third-order valence-electron chi connectivity index (χ3n) is 3.76. The number of rotatable bonds is 5. The van der Waals surface area contributed by atoms with Gasteiger partial charge in [-0.1, -0.05) is 0 Å². The molecule has 1 amide bonds. The molecule has 0 saturated heterocycles. The Hall–Kier alpha value is -3.94. The van der Waals surface area contributed by atoms with E-state index in [-0.39, 0.29) is 5.91 Å². The number of carbonyl (C=O) groups excluding carboxylic acids is 1. The highest BCUT2D eigenvalue weighted by Crippen LogP contribution is 2.19. The SMILES string of the molecule is Cc1nc(Nc2ccc(NC(=O)c3ccoc3)cc2)cc(-n2cccn2)n1. The molecular weight excluding hydrogens is 344 g/mol. The Bertz CT molecular complexity index is 1040. The van der Waals surface area contributed by atoms with Crippen LogP contribution in [0.25, 0.3) is 5.82 Å². The first-order chi connectivity index (χ1) is 13.2. The average Bonchev–Trinajstić information content (AvgIpc) is 3.37. The van der Waals surface area contributed by atoms with Gasteiger partial charge < -0.3 is 15.1 Å². The quantitative estimate of drug-likeness (QED) is 0.565. The van der Waals surface area contributed by atoms with E-state index >= 15 is 0 Å². The van der Waals surface area contributed by atoms with E-state index < -0.39 is 0 Å². The number of aromatic nitrogens is 4. The fourth-order valence-corrected chi connectivity index (χ4v) is 2.52. The van der Waals surface area contributed by atoms with E-state index in [2.05, 4.69) is 25.7 Å². The van der Waals surface area contributed by atoms with Crippen molar-refractivity contribution in [2.75, 3.05) is 10.6 Å². The minimum absolute atomic E-state index is 0.222. The van der Waals surface area contributed by atoms with Crippen LogP contribution < -0.4 is 10.6 Å². The Morgan fingerprint density at radius 1 is 1.11 bits per heavy atom. The Balaban J connectivity index is 1.48. The Kier molecular flexibility index (Phi) is 4.36. The lowest BCUT2D eigenvalue weighted by Crippen LogP contribution is -2.10. The van der Waals surface area contributed by atoms with Gasteiger partial charge >= 0.3 is 0 Å². The highest BCUT2D eigenvalue weighted by Gasteiger charge is 2.08. The maximum Gasteiger partial charge on any atom is 0.258 e. The molecule has 1 aromatic carbocycles. The molecule has 0 saturated carbocycles. The van der Waals surface area contributed by atoms with Crippen molar-refractivity contribution in [1.82, 2.24) is 19.7 Å². The van der Waals surface area contributed by atoms with Gasteiger partial charge in [0.1, 0.15) is 17.9 Å². The molecule has 8 heteroatoms. The highest BCUT2D eigenvalue weighted by molar-refractivity contribution is 6.04. The van der Waals surface area contributed by atoms with Gasteiger partial charge in [-0.15, -0.1) is 0 Å². The molecule has 0 unspecified atom stereocenters. The number of hydrogen-bond donors (Lipinski definition) is 2. The van der Waals surface area contributed by atoms with Crippen molar-refractivity contribution in [3.63, 3.8) is 0 Å². The smallest absolute Gasteiger partial charge is 0.258 e. The van der Waals surface area contributed by atoms with Crippen LogP contribution in [0.2, 0.25) is 0 Å². The van der Waals surface area contributed by atoms with Crippen LogP contribution in [0, 0.1) is 6.92 Å². The van der Waals surface area contributed by atoms with Gasteiger partial charge in [-0.3, -0.25) is 4.79 Å². The number of hydrogen-bond acceptors (Lipinski definition) is 6. The van der Waals surface area contributed by atoms with Gasteiger partial charge in [0.2, 0.25) is 0 Å². The van der Waals surface area contributed by atoms with Gasteiger partial charge in [0.15, 0.2) is 5.82 Å². The summed E-state index contributed by atoms with van der Waals surface area (Å²) in [4.78, 5) is 20.8. The molecule has 0 bridgehead atoms. The molecule has 0 atom stereocenters. The second-order valence-corrected chi connectivity index (χ2v) is 5.78. The molecule has 134 valence electrons. The van der Waals surface area contributed by atoms with E-state index in [1.165, 1.54) is 12.5 Å². The van der Waals surface area contributed by atoms with Crippen molar-refractivity contribution in [3.05, 3.63) is 78.8 Å². The van der Waals surface area contributed by atoms with Crippen molar-refractivity contribution in [3.8, 4) is 5.82 Å². The molecule has 8 nitrogen and oxygen atoms in total.